The molecule has 0 N–H and O–H groups in total. The molecule has 0 unspecified atom stereocenters. The van der Waals surface area contributed by atoms with Crippen LogP contribution in [0.25, 0.3) is 0 Å². The number of piperazine rings is 1. The number of nitrogens with zero attached hydrogens (tertiary/aromatic N) is 5. The van der Waals surface area contributed by atoms with Crippen LogP contribution in [0.3, 0.4) is 0 Å². The molecule has 1 atom stereocenters. The minimum atomic E-state index is -0.351. The van der Waals surface area contributed by atoms with Crippen molar-refractivity contribution in [2.45, 2.75) is 33.4 Å². The first-order valence-corrected chi connectivity index (χ1v) is 13.6. The fourth-order valence-electron chi connectivity index (χ4n) is 5.17. The number of carbonyl (C=O) groups excluding carboxylic acids is 2. The van der Waals surface area contributed by atoms with Crippen LogP contribution in [0.1, 0.15) is 38.9 Å². The van der Waals surface area contributed by atoms with Gasteiger partial charge in [-0.1, -0.05) is 37.3 Å². The Balaban J connectivity index is 1.47. The summed E-state index contributed by atoms with van der Waals surface area (Å²) in [5, 5.41) is 6.73. The average Bonchev–Trinajstić information content (AvgIpc) is 3.39. The Morgan fingerprint density at radius 3 is 2.05 bits per heavy atom. The monoisotopic (exact) mass is 525 g/mol. The fourth-order valence-corrected chi connectivity index (χ4v) is 5.17. The normalized spacial score (nSPS) is 17.3. The van der Waals surface area contributed by atoms with E-state index in [0.717, 1.165) is 54.6 Å². The summed E-state index contributed by atoms with van der Waals surface area (Å²) in [5.74, 6) is 1.29. The molecule has 0 aromatic heterocycles. The smallest absolute Gasteiger partial charge is 0.222 e. The van der Waals surface area contributed by atoms with Crippen LogP contribution < -0.4 is 19.5 Å². The molecule has 202 valence electrons. The topological polar surface area (TPSA) is 68.7 Å². The Kier molecular flexibility index (Phi) is 7.81. The predicted molar refractivity (Wildman–Crippen MR) is 155 cm³/mol. The first kappa shape index (κ1) is 26.3. The van der Waals surface area contributed by atoms with Crippen molar-refractivity contribution in [3.8, 4) is 5.75 Å². The summed E-state index contributed by atoms with van der Waals surface area (Å²) in [6.07, 6.45) is 0.191. The molecule has 8 nitrogen and oxygen atoms in total. The summed E-state index contributed by atoms with van der Waals surface area (Å²) >= 11 is 0. The van der Waals surface area contributed by atoms with Gasteiger partial charge in [0, 0.05) is 50.9 Å². The first-order chi connectivity index (χ1) is 19.0. The second-order valence-corrected chi connectivity index (χ2v) is 9.64. The van der Waals surface area contributed by atoms with Crippen LogP contribution in [-0.4, -0.2) is 55.2 Å². The third-order valence-corrected chi connectivity index (χ3v) is 7.16. The van der Waals surface area contributed by atoms with E-state index < -0.39 is 0 Å². The van der Waals surface area contributed by atoms with Gasteiger partial charge in [0.25, 0.3) is 0 Å². The van der Waals surface area contributed by atoms with Gasteiger partial charge in [0.1, 0.15) is 5.75 Å². The molecule has 1 fully saturated rings. The summed E-state index contributed by atoms with van der Waals surface area (Å²) < 4.78 is 5.67. The molecule has 2 aliphatic rings. The van der Waals surface area contributed by atoms with Gasteiger partial charge in [-0.05, 0) is 61.0 Å². The minimum absolute atomic E-state index is 0.106. The number of hydrogen-bond donors (Lipinski definition) is 0. The number of ketones is 1. The van der Waals surface area contributed by atoms with E-state index in [1.165, 1.54) is 0 Å². The minimum Gasteiger partial charge on any atom is -0.494 e. The maximum Gasteiger partial charge on any atom is 0.222 e. The van der Waals surface area contributed by atoms with E-state index in [9.17, 15) is 9.59 Å². The molecule has 3 aromatic carbocycles. The largest absolute Gasteiger partial charge is 0.494 e. The number of anilines is 3. The predicted octanol–water partition coefficient (Wildman–Crippen LogP) is 5.07. The zero-order valence-electron chi connectivity index (χ0n) is 22.8. The van der Waals surface area contributed by atoms with Crippen LogP contribution in [0, 0.1) is 0 Å². The fraction of sp³-hybridized carbons (Fsp3) is 0.323. The van der Waals surface area contributed by atoms with Gasteiger partial charge in [0.05, 0.1) is 12.3 Å². The van der Waals surface area contributed by atoms with Crippen LogP contribution in [0.2, 0.25) is 0 Å². The summed E-state index contributed by atoms with van der Waals surface area (Å²) in [5.41, 5.74) is 3.86. The standard InChI is InChI=1S/C31H35N5O3/c1-4-29(38)34-21-19-33(20-22-34)25-13-15-26(16-14-25)35-30(23(3)37)32-36(27-9-7-6-8-10-27)31(35)24-11-17-28(18-12-24)39-5-2/h6-18,31H,4-5,19-22H2,1-3H3/t31-/m0/s1. The number of ether oxygens (including phenoxy) is 1. The van der Waals surface area contributed by atoms with Crippen molar-refractivity contribution < 1.29 is 14.3 Å². The highest BCUT2D eigenvalue weighted by Crippen LogP contribution is 2.40. The quantitative estimate of drug-likeness (QED) is 0.409. The average molecular weight is 526 g/mol. The lowest BCUT2D eigenvalue weighted by Crippen LogP contribution is -2.48. The van der Waals surface area contributed by atoms with Crippen molar-refractivity contribution in [2.75, 3.05) is 47.6 Å². The van der Waals surface area contributed by atoms with Gasteiger partial charge < -0.3 is 14.5 Å². The Bertz CT molecular complexity index is 1320. The second kappa shape index (κ2) is 11.6. The third-order valence-electron chi connectivity index (χ3n) is 7.16. The molecule has 0 radical (unpaired) electrons. The highest BCUT2D eigenvalue weighted by molar-refractivity contribution is 6.44. The van der Waals surface area contributed by atoms with Crippen molar-refractivity contribution >= 4 is 34.6 Å². The number of para-hydroxylation sites is 1. The molecular weight excluding hydrogens is 490 g/mol. The van der Waals surface area contributed by atoms with Crippen LogP contribution in [0.4, 0.5) is 17.1 Å². The van der Waals surface area contributed by atoms with E-state index in [1.807, 2.05) is 95.4 Å². The molecule has 39 heavy (non-hydrogen) atoms. The summed E-state index contributed by atoms with van der Waals surface area (Å²) in [6, 6.07) is 26.2. The van der Waals surface area contributed by atoms with Gasteiger partial charge in [-0.2, -0.15) is 0 Å². The lowest BCUT2D eigenvalue weighted by Gasteiger charge is -2.36. The highest BCUT2D eigenvalue weighted by Gasteiger charge is 2.39. The van der Waals surface area contributed by atoms with Crippen LogP contribution in [0.15, 0.2) is 84.0 Å². The second-order valence-electron chi connectivity index (χ2n) is 9.64. The van der Waals surface area contributed by atoms with E-state index in [0.29, 0.717) is 18.9 Å². The molecule has 2 aliphatic heterocycles. The SMILES string of the molecule is CCOc1ccc([C@@H]2N(c3ccccc3)N=C(C(C)=O)N2c2ccc(N3CCN(C(=O)CC)CC3)cc2)cc1. The van der Waals surface area contributed by atoms with Crippen molar-refractivity contribution in [1.82, 2.24) is 4.90 Å². The number of benzene rings is 3. The number of hydrogen-bond acceptors (Lipinski definition) is 7. The molecule has 2 heterocycles. The lowest BCUT2D eigenvalue weighted by molar-refractivity contribution is -0.131. The van der Waals surface area contributed by atoms with Crippen molar-refractivity contribution in [1.29, 1.82) is 0 Å². The van der Waals surface area contributed by atoms with Gasteiger partial charge in [0.15, 0.2) is 17.8 Å². The number of amides is 1. The van der Waals surface area contributed by atoms with Gasteiger partial charge >= 0.3 is 0 Å². The molecule has 0 bridgehead atoms. The number of hydrazone groups is 1. The maximum absolute atomic E-state index is 12.9. The van der Waals surface area contributed by atoms with Gasteiger partial charge in [0.2, 0.25) is 5.91 Å². The molecule has 1 saturated heterocycles. The number of amidine groups is 1. The van der Waals surface area contributed by atoms with Gasteiger partial charge in [-0.15, -0.1) is 5.10 Å². The Hall–Kier alpha value is -4.33. The van der Waals surface area contributed by atoms with E-state index >= 15 is 0 Å². The molecule has 0 spiro atoms. The molecule has 8 heteroatoms. The summed E-state index contributed by atoms with van der Waals surface area (Å²) in [4.78, 5) is 31.2. The Labute approximate surface area is 230 Å². The molecule has 1 amide bonds. The zero-order chi connectivity index (χ0) is 27.4. The highest BCUT2D eigenvalue weighted by atomic mass is 16.5. The van der Waals surface area contributed by atoms with Crippen molar-refractivity contribution in [3.63, 3.8) is 0 Å². The third kappa shape index (κ3) is 5.46. The van der Waals surface area contributed by atoms with E-state index in [4.69, 9.17) is 9.84 Å². The molecule has 0 saturated carbocycles. The van der Waals surface area contributed by atoms with E-state index in [2.05, 4.69) is 17.0 Å². The maximum atomic E-state index is 12.9. The summed E-state index contributed by atoms with van der Waals surface area (Å²) in [6.45, 7) is 9.08. The van der Waals surface area contributed by atoms with Crippen molar-refractivity contribution in [3.05, 3.63) is 84.4 Å². The summed E-state index contributed by atoms with van der Waals surface area (Å²) in [7, 11) is 0. The Morgan fingerprint density at radius 1 is 0.821 bits per heavy atom. The molecule has 0 aliphatic carbocycles. The van der Waals surface area contributed by atoms with Crippen LogP contribution in [-0.2, 0) is 9.59 Å². The number of Topliss-reactive ketones (excluding diaryl/α,β-unsaturated/α-hetero) is 1. The molecular formula is C31H35N5O3. The van der Waals surface area contributed by atoms with E-state index in [-0.39, 0.29) is 17.9 Å². The van der Waals surface area contributed by atoms with Crippen molar-refractivity contribution in [2.24, 2.45) is 5.10 Å². The zero-order valence-corrected chi connectivity index (χ0v) is 22.8. The molecule has 5 rings (SSSR count). The molecule has 3 aromatic rings. The van der Waals surface area contributed by atoms with Crippen LogP contribution >= 0.6 is 0 Å². The first-order valence-electron chi connectivity index (χ1n) is 13.6. The Morgan fingerprint density at radius 2 is 1.46 bits per heavy atom. The number of carbonyl (C=O) groups is 2. The van der Waals surface area contributed by atoms with Gasteiger partial charge in [-0.25, -0.2) is 5.01 Å². The van der Waals surface area contributed by atoms with Crippen LogP contribution in [0.5, 0.6) is 5.75 Å². The van der Waals surface area contributed by atoms with E-state index in [1.54, 1.807) is 6.92 Å². The number of rotatable bonds is 8. The van der Waals surface area contributed by atoms with Gasteiger partial charge in [-0.3, -0.25) is 14.5 Å². The lowest BCUT2D eigenvalue weighted by atomic mass is 10.1.